The van der Waals surface area contributed by atoms with E-state index in [2.05, 4.69) is 5.32 Å². The van der Waals surface area contributed by atoms with Gasteiger partial charge in [-0.1, -0.05) is 17.7 Å². The molecule has 21 heavy (non-hydrogen) atoms. The zero-order valence-corrected chi connectivity index (χ0v) is 11.9. The van der Waals surface area contributed by atoms with Crippen LogP contribution in [0.5, 0.6) is 11.5 Å². The average molecular weight is 309 g/mol. The maximum Gasteiger partial charge on any atom is 0.312 e. The molecule has 2 aromatic carbocycles. The van der Waals surface area contributed by atoms with Crippen molar-refractivity contribution in [2.75, 3.05) is 12.4 Å². The number of nitro benzene ring substituents is 1. The van der Waals surface area contributed by atoms with E-state index < -0.39 is 4.92 Å². The van der Waals surface area contributed by atoms with Crippen molar-refractivity contribution >= 4 is 23.0 Å². The first-order chi connectivity index (χ1) is 10.0. The molecular formula is C14H13ClN2O4. The molecular weight excluding hydrogens is 296 g/mol. The lowest BCUT2D eigenvalue weighted by Gasteiger charge is -2.09. The van der Waals surface area contributed by atoms with Crippen LogP contribution in [0.1, 0.15) is 5.56 Å². The van der Waals surface area contributed by atoms with Crippen molar-refractivity contribution in [1.82, 2.24) is 0 Å². The minimum Gasteiger partial charge on any atom is -0.506 e. The highest BCUT2D eigenvalue weighted by Crippen LogP contribution is 2.30. The lowest BCUT2D eigenvalue weighted by molar-refractivity contribution is -0.385. The first kappa shape index (κ1) is 14.9. The number of phenolic OH excluding ortho intramolecular Hbond substituents is 1. The molecule has 110 valence electrons. The summed E-state index contributed by atoms with van der Waals surface area (Å²) in [6, 6.07) is 9.46. The van der Waals surface area contributed by atoms with E-state index in [1.54, 1.807) is 18.2 Å². The predicted molar refractivity (Wildman–Crippen MR) is 80.1 cm³/mol. The van der Waals surface area contributed by atoms with Gasteiger partial charge in [-0.05, 0) is 29.8 Å². The molecule has 0 heterocycles. The average Bonchev–Trinajstić information content (AvgIpc) is 2.48. The third-order valence-corrected chi connectivity index (χ3v) is 3.19. The molecule has 2 rings (SSSR count). The zero-order valence-electron chi connectivity index (χ0n) is 11.2. The molecule has 0 unspecified atom stereocenters. The molecule has 0 saturated heterocycles. The fourth-order valence-electron chi connectivity index (χ4n) is 1.81. The van der Waals surface area contributed by atoms with E-state index in [1.165, 1.54) is 25.3 Å². The Morgan fingerprint density at radius 2 is 2.10 bits per heavy atom. The molecule has 0 amide bonds. The van der Waals surface area contributed by atoms with Gasteiger partial charge in [0, 0.05) is 18.3 Å². The smallest absolute Gasteiger partial charge is 0.312 e. The number of phenols is 1. The molecule has 0 aliphatic carbocycles. The molecule has 0 aliphatic rings. The number of anilines is 1. The number of nitro groups is 1. The summed E-state index contributed by atoms with van der Waals surface area (Å²) in [5.74, 6) is 0.221. The van der Waals surface area contributed by atoms with Crippen LogP contribution in [0.4, 0.5) is 11.4 Å². The van der Waals surface area contributed by atoms with Crippen LogP contribution < -0.4 is 10.1 Å². The van der Waals surface area contributed by atoms with E-state index in [1.807, 2.05) is 0 Å². The van der Waals surface area contributed by atoms with Gasteiger partial charge in [0.2, 0.25) is 0 Å². The molecule has 2 aromatic rings. The Kier molecular flexibility index (Phi) is 4.49. The van der Waals surface area contributed by atoms with Crippen LogP contribution in [-0.2, 0) is 6.54 Å². The lowest BCUT2D eigenvalue weighted by atomic mass is 10.2. The summed E-state index contributed by atoms with van der Waals surface area (Å²) in [6.45, 7) is 0.420. The van der Waals surface area contributed by atoms with E-state index in [0.29, 0.717) is 12.2 Å². The zero-order chi connectivity index (χ0) is 15.4. The highest BCUT2D eigenvalue weighted by atomic mass is 35.5. The SMILES string of the molecule is COc1ccc(NCc2ccc(O)c(Cl)c2)cc1[N+](=O)[O-]. The van der Waals surface area contributed by atoms with Crippen molar-refractivity contribution in [1.29, 1.82) is 0 Å². The normalized spacial score (nSPS) is 10.2. The summed E-state index contributed by atoms with van der Waals surface area (Å²) in [7, 11) is 1.38. The molecule has 0 spiro atoms. The number of ether oxygens (including phenoxy) is 1. The van der Waals surface area contributed by atoms with Gasteiger partial charge in [0.05, 0.1) is 17.1 Å². The number of nitrogens with one attached hydrogen (secondary N) is 1. The van der Waals surface area contributed by atoms with E-state index in [-0.39, 0.29) is 22.2 Å². The molecule has 0 bridgehead atoms. The summed E-state index contributed by atoms with van der Waals surface area (Å²) in [6.07, 6.45) is 0. The summed E-state index contributed by atoms with van der Waals surface area (Å²) < 4.78 is 4.94. The molecule has 0 aromatic heterocycles. The van der Waals surface area contributed by atoms with Crippen molar-refractivity contribution in [2.24, 2.45) is 0 Å². The van der Waals surface area contributed by atoms with Crippen molar-refractivity contribution < 1.29 is 14.8 Å². The molecule has 0 atom stereocenters. The molecule has 2 N–H and O–H groups in total. The fraction of sp³-hybridized carbons (Fsp3) is 0.143. The van der Waals surface area contributed by atoms with Gasteiger partial charge in [-0.2, -0.15) is 0 Å². The third-order valence-electron chi connectivity index (χ3n) is 2.88. The number of hydrogen-bond acceptors (Lipinski definition) is 5. The highest BCUT2D eigenvalue weighted by molar-refractivity contribution is 6.32. The number of benzene rings is 2. The summed E-state index contributed by atoms with van der Waals surface area (Å²) in [4.78, 5) is 10.4. The van der Waals surface area contributed by atoms with Crippen LogP contribution >= 0.6 is 11.6 Å². The Balaban J connectivity index is 2.14. The van der Waals surface area contributed by atoms with Gasteiger partial charge in [0.15, 0.2) is 5.75 Å². The number of rotatable bonds is 5. The standard InChI is InChI=1S/C14H13ClN2O4/c1-21-14-5-3-10(7-12(14)17(19)20)16-8-9-2-4-13(18)11(15)6-9/h2-7,16,18H,8H2,1H3. The topological polar surface area (TPSA) is 84.6 Å². The van der Waals surface area contributed by atoms with Crippen molar-refractivity contribution in [3.8, 4) is 11.5 Å². The Morgan fingerprint density at radius 1 is 1.33 bits per heavy atom. The van der Waals surface area contributed by atoms with Crippen LogP contribution in [0.2, 0.25) is 5.02 Å². The predicted octanol–water partition coefficient (Wildman–Crippen LogP) is 3.57. The van der Waals surface area contributed by atoms with Crippen LogP contribution in [0.25, 0.3) is 0 Å². The Bertz CT molecular complexity index is 676. The van der Waals surface area contributed by atoms with E-state index >= 15 is 0 Å². The number of halogens is 1. The van der Waals surface area contributed by atoms with E-state index in [9.17, 15) is 15.2 Å². The Morgan fingerprint density at radius 3 is 2.71 bits per heavy atom. The molecule has 0 radical (unpaired) electrons. The van der Waals surface area contributed by atoms with Gasteiger partial charge in [-0.3, -0.25) is 10.1 Å². The Labute approximate surface area is 126 Å². The van der Waals surface area contributed by atoms with Crippen LogP contribution in [0.15, 0.2) is 36.4 Å². The maximum atomic E-state index is 10.9. The Hall–Kier alpha value is -2.47. The van der Waals surface area contributed by atoms with Gasteiger partial charge in [0.1, 0.15) is 5.75 Å². The quantitative estimate of drug-likeness (QED) is 0.651. The second-order valence-corrected chi connectivity index (χ2v) is 4.69. The number of methoxy groups -OCH3 is 1. The monoisotopic (exact) mass is 308 g/mol. The molecule has 7 heteroatoms. The number of hydrogen-bond donors (Lipinski definition) is 2. The van der Waals surface area contributed by atoms with E-state index in [0.717, 1.165) is 5.56 Å². The van der Waals surface area contributed by atoms with Crippen LogP contribution in [-0.4, -0.2) is 17.1 Å². The minimum atomic E-state index is -0.499. The molecule has 0 saturated carbocycles. The molecule has 6 nitrogen and oxygen atoms in total. The van der Waals surface area contributed by atoms with Crippen molar-refractivity contribution in [3.05, 3.63) is 57.1 Å². The van der Waals surface area contributed by atoms with Crippen molar-refractivity contribution in [3.63, 3.8) is 0 Å². The second kappa shape index (κ2) is 6.32. The van der Waals surface area contributed by atoms with Crippen LogP contribution in [0, 0.1) is 10.1 Å². The summed E-state index contributed by atoms with van der Waals surface area (Å²) >= 11 is 5.82. The van der Waals surface area contributed by atoms with Gasteiger partial charge < -0.3 is 15.2 Å². The molecule has 0 fully saturated rings. The second-order valence-electron chi connectivity index (χ2n) is 4.28. The van der Waals surface area contributed by atoms with Crippen molar-refractivity contribution in [2.45, 2.75) is 6.54 Å². The molecule has 0 aliphatic heterocycles. The van der Waals surface area contributed by atoms with E-state index in [4.69, 9.17) is 16.3 Å². The highest BCUT2D eigenvalue weighted by Gasteiger charge is 2.15. The van der Waals surface area contributed by atoms with Gasteiger partial charge in [0.25, 0.3) is 0 Å². The number of aromatic hydroxyl groups is 1. The fourth-order valence-corrected chi connectivity index (χ4v) is 2.01. The largest absolute Gasteiger partial charge is 0.506 e. The minimum absolute atomic E-state index is 0.0144. The lowest BCUT2D eigenvalue weighted by Crippen LogP contribution is -2.01. The van der Waals surface area contributed by atoms with Crippen LogP contribution in [0.3, 0.4) is 0 Å². The van der Waals surface area contributed by atoms with Gasteiger partial charge in [-0.25, -0.2) is 0 Å². The first-order valence-electron chi connectivity index (χ1n) is 6.05. The van der Waals surface area contributed by atoms with Gasteiger partial charge >= 0.3 is 5.69 Å². The third kappa shape index (κ3) is 3.55. The first-order valence-corrected chi connectivity index (χ1v) is 6.42. The summed E-state index contributed by atoms with van der Waals surface area (Å²) in [5.41, 5.74) is 1.33. The van der Waals surface area contributed by atoms with Gasteiger partial charge in [-0.15, -0.1) is 0 Å². The maximum absolute atomic E-state index is 10.9. The number of nitrogens with zero attached hydrogens (tertiary/aromatic N) is 1. The summed E-state index contributed by atoms with van der Waals surface area (Å²) in [5, 5.41) is 23.6.